The molecule has 0 saturated carbocycles. The summed E-state index contributed by atoms with van der Waals surface area (Å²) in [6, 6.07) is 13.0. The number of halogens is 3. The average Bonchev–Trinajstić information content (AvgIpc) is 2.89. The van der Waals surface area contributed by atoms with Gasteiger partial charge in [0.05, 0.1) is 9.79 Å². The van der Waals surface area contributed by atoms with Crippen molar-refractivity contribution >= 4 is 20.0 Å². The number of aromatic hydroxyl groups is 2. The number of rotatable bonds is 13. The molecule has 0 fully saturated rings. The van der Waals surface area contributed by atoms with Gasteiger partial charge in [-0.3, -0.25) is 0 Å². The van der Waals surface area contributed by atoms with Crippen molar-refractivity contribution in [3.8, 4) is 28.4 Å². The highest BCUT2D eigenvalue weighted by atomic mass is 32.3. The molecular weight excluding hydrogens is 571 g/mol. The zero-order chi connectivity index (χ0) is 29.6. The van der Waals surface area contributed by atoms with Crippen molar-refractivity contribution in [1.82, 2.24) is 3.71 Å². The van der Waals surface area contributed by atoms with E-state index in [-0.39, 0.29) is 17.9 Å². The number of ether oxygens (including phenoxy) is 1. The molecule has 2 N–H and O–H groups in total. The minimum atomic E-state index is -4.84. The van der Waals surface area contributed by atoms with Gasteiger partial charge in [-0.15, -0.1) is 13.2 Å². The fourth-order valence-electron chi connectivity index (χ4n) is 3.96. The molecule has 0 unspecified atom stereocenters. The van der Waals surface area contributed by atoms with E-state index < -0.39 is 48.6 Å². The van der Waals surface area contributed by atoms with E-state index in [9.17, 15) is 40.2 Å². The monoisotopic (exact) mass is 601 g/mol. The van der Waals surface area contributed by atoms with Gasteiger partial charge >= 0.3 is 6.36 Å². The number of phenolic OH excluding ortho intramolecular Hbond substituents is 2. The van der Waals surface area contributed by atoms with Gasteiger partial charge in [0.15, 0.2) is 11.5 Å². The highest BCUT2D eigenvalue weighted by Gasteiger charge is 2.36. The van der Waals surface area contributed by atoms with E-state index in [0.717, 1.165) is 56.0 Å². The SMILES string of the molecule is CCCCCCCCN(S(=O)(=O)c1ccc(-c2ccc(OC(F)(F)F)cc2)cc1)S(=O)(=O)c1ccc(O)c(O)c1. The lowest BCUT2D eigenvalue weighted by molar-refractivity contribution is -0.274. The number of benzene rings is 3. The van der Waals surface area contributed by atoms with Crippen molar-refractivity contribution in [2.24, 2.45) is 0 Å². The molecule has 0 aliphatic rings. The first-order valence-corrected chi connectivity index (χ1v) is 15.4. The number of alkyl halides is 3. The Labute approximate surface area is 231 Å². The van der Waals surface area contributed by atoms with E-state index >= 15 is 0 Å². The van der Waals surface area contributed by atoms with Gasteiger partial charge in [0.2, 0.25) is 0 Å². The standard InChI is InChI=1S/C27H30F3NO7S2/c1-2-3-4-5-6-7-18-31(40(36,37)24-16-17-25(32)26(33)19-24)39(34,35)23-14-10-21(11-15-23)20-8-12-22(13-9-20)38-27(28,29)30/h8-17,19,32-33H,2-7,18H2,1H3. The number of phenols is 2. The molecule has 3 aromatic carbocycles. The van der Waals surface area contributed by atoms with Crippen molar-refractivity contribution in [3.05, 3.63) is 66.7 Å². The number of nitrogens with zero attached hydrogens (tertiary/aromatic N) is 1. The van der Waals surface area contributed by atoms with Gasteiger partial charge in [0, 0.05) is 12.6 Å². The third-order valence-electron chi connectivity index (χ3n) is 6.05. The summed E-state index contributed by atoms with van der Waals surface area (Å²) in [5.41, 5.74) is 0.959. The molecule has 0 spiro atoms. The molecule has 0 amide bonds. The molecule has 0 aliphatic carbocycles. The quantitative estimate of drug-likeness (QED) is 0.172. The number of unbranched alkanes of at least 4 members (excludes halogenated alkanes) is 5. The van der Waals surface area contributed by atoms with Crippen LogP contribution in [0.2, 0.25) is 0 Å². The van der Waals surface area contributed by atoms with Gasteiger partial charge in [0.1, 0.15) is 5.75 Å². The first-order chi connectivity index (χ1) is 18.8. The van der Waals surface area contributed by atoms with E-state index in [1.165, 1.54) is 36.4 Å². The van der Waals surface area contributed by atoms with E-state index in [1.807, 2.05) is 0 Å². The van der Waals surface area contributed by atoms with Crippen molar-refractivity contribution < 1.29 is 45.0 Å². The Kier molecular flexibility index (Phi) is 10.1. The van der Waals surface area contributed by atoms with Crippen LogP contribution in [0.4, 0.5) is 13.2 Å². The fourth-order valence-corrected chi connectivity index (χ4v) is 7.70. The fraction of sp³-hybridized carbons (Fsp3) is 0.333. The zero-order valence-electron chi connectivity index (χ0n) is 21.6. The molecule has 3 aromatic rings. The molecule has 13 heteroatoms. The van der Waals surface area contributed by atoms with E-state index in [1.54, 1.807) is 0 Å². The maximum atomic E-state index is 13.6. The Bertz CT molecular complexity index is 1490. The Morgan fingerprint density at radius 3 is 1.75 bits per heavy atom. The van der Waals surface area contributed by atoms with Crippen molar-refractivity contribution in [1.29, 1.82) is 0 Å². The molecule has 0 aromatic heterocycles. The van der Waals surface area contributed by atoms with Gasteiger partial charge in [-0.25, -0.2) is 16.8 Å². The molecule has 0 aliphatic heterocycles. The van der Waals surface area contributed by atoms with E-state index in [2.05, 4.69) is 11.7 Å². The molecule has 0 saturated heterocycles. The van der Waals surface area contributed by atoms with Crippen molar-refractivity contribution in [3.63, 3.8) is 0 Å². The van der Waals surface area contributed by atoms with Gasteiger partial charge in [-0.2, -0.15) is 0 Å². The van der Waals surface area contributed by atoms with Crippen LogP contribution < -0.4 is 4.74 Å². The molecule has 8 nitrogen and oxygen atoms in total. The van der Waals surface area contributed by atoms with Crippen LogP contribution in [0.5, 0.6) is 17.2 Å². The highest BCUT2D eigenvalue weighted by molar-refractivity contribution is 8.04. The van der Waals surface area contributed by atoms with Gasteiger partial charge in [0.25, 0.3) is 20.0 Å². The Balaban J connectivity index is 1.90. The smallest absolute Gasteiger partial charge is 0.504 e. The van der Waals surface area contributed by atoms with Gasteiger partial charge < -0.3 is 14.9 Å². The maximum absolute atomic E-state index is 13.6. The second-order valence-electron chi connectivity index (χ2n) is 9.02. The summed E-state index contributed by atoms with van der Waals surface area (Å²) in [6.45, 7) is 1.72. The second-order valence-corrected chi connectivity index (χ2v) is 13.0. The van der Waals surface area contributed by atoms with Crippen LogP contribution >= 0.6 is 0 Å². The molecule has 218 valence electrons. The van der Waals surface area contributed by atoms with E-state index in [4.69, 9.17) is 0 Å². The third-order valence-corrected chi connectivity index (χ3v) is 10.4. The van der Waals surface area contributed by atoms with Crippen LogP contribution in [0.15, 0.2) is 76.5 Å². The molecule has 0 atom stereocenters. The minimum absolute atomic E-state index is 0.274. The van der Waals surface area contributed by atoms with Crippen molar-refractivity contribution in [2.75, 3.05) is 6.54 Å². The van der Waals surface area contributed by atoms with E-state index in [0.29, 0.717) is 21.3 Å². The summed E-state index contributed by atoms with van der Waals surface area (Å²) in [7, 11) is -9.25. The summed E-state index contributed by atoms with van der Waals surface area (Å²) in [6.07, 6.45) is -0.182. The number of hydrogen-bond donors (Lipinski definition) is 2. The second kappa shape index (κ2) is 12.9. The normalized spacial score (nSPS) is 12.5. The average molecular weight is 602 g/mol. The number of sulfonamides is 2. The lowest BCUT2D eigenvalue weighted by Crippen LogP contribution is -2.37. The minimum Gasteiger partial charge on any atom is -0.504 e. The first kappa shape index (κ1) is 31.2. The summed E-state index contributed by atoms with van der Waals surface area (Å²) in [5, 5.41) is 19.4. The predicted molar refractivity (Wildman–Crippen MR) is 143 cm³/mol. The van der Waals surface area contributed by atoms with Crippen LogP contribution in [0, 0.1) is 0 Å². The first-order valence-electron chi connectivity index (χ1n) is 12.5. The highest BCUT2D eigenvalue weighted by Crippen LogP contribution is 2.32. The van der Waals surface area contributed by atoms with Crippen molar-refractivity contribution in [2.45, 2.75) is 61.6 Å². The zero-order valence-corrected chi connectivity index (χ0v) is 23.3. The van der Waals surface area contributed by atoms with Crippen LogP contribution in [0.1, 0.15) is 45.4 Å². The Hall–Kier alpha value is -3.29. The maximum Gasteiger partial charge on any atom is 0.573 e. The molecule has 0 bridgehead atoms. The summed E-state index contributed by atoms with van der Waals surface area (Å²) >= 11 is 0. The van der Waals surface area contributed by atoms with Crippen LogP contribution in [-0.2, 0) is 20.0 Å². The molecule has 3 rings (SSSR count). The van der Waals surface area contributed by atoms with Crippen LogP contribution in [-0.4, -0.2) is 43.7 Å². The third kappa shape index (κ3) is 7.89. The Morgan fingerprint density at radius 1 is 0.700 bits per heavy atom. The topological polar surface area (TPSA) is 121 Å². The largest absolute Gasteiger partial charge is 0.573 e. The molecule has 0 heterocycles. The lowest BCUT2D eigenvalue weighted by Gasteiger charge is -2.22. The molecule has 0 radical (unpaired) electrons. The number of hydrogen-bond acceptors (Lipinski definition) is 7. The Morgan fingerprint density at radius 2 is 1.20 bits per heavy atom. The molecular formula is C27H30F3NO7S2. The lowest BCUT2D eigenvalue weighted by atomic mass is 10.1. The summed E-state index contributed by atoms with van der Waals surface area (Å²) < 4.78 is 95.6. The summed E-state index contributed by atoms with van der Waals surface area (Å²) in [5.74, 6) is -1.68. The summed E-state index contributed by atoms with van der Waals surface area (Å²) in [4.78, 5) is -0.819. The predicted octanol–water partition coefficient (Wildman–Crippen LogP) is 6.40. The van der Waals surface area contributed by atoms with Crippen LogP contribution in [0.25, 0.3) is 11.1 Å². The molecule has 40 heavy (non-hydrogen) atoms. The van der Waals surface area contributed by atoms with Gasteiger partial charge in [-0.05, 0) is 53.9 Å². The van der Waals surface area contributed by atoms with Crippen LogP contribution in [0.3, 0.4) is 0 Å². The van der Waals surface area contributed by atoms with Gasteiger partial charge in [-0.1, -0.05) is 67.0 Å².